The van der Waals surface area contributed by atoms with Crippen molar-refractivity contribution in [1.29, 1.82) is 0 Å². The molecule has 0 bridgehead atoms. The molecule has 0 saturated carbocycles. The number of pyridine rings is 1. The topological polar surface area (TPSA) is 43.2 Å². The fourth-order valence-corrected chi connectivity index (χ4v) is 2.20. The van der Waals surface area contributed by atoms with E-state index in [0.29, 0.717) is 6.61 Å². The molecule has 2 aromatic heterocycles. The molecule has 20 heavy (non-hydrogen) atoms. The van der Waals surface area contributed by atoms with Crippen molar-refractivity contribution < 1.29 is 4.74 Å². The van der Waals surface area contributed by atoms with Gasteiger partial charge in [0.05, 0.1) is 24.0 Å². The van der Waals surface area contributed by atoms with Crippen LogP contribution in [-0.2, 0) is 17.8 Å². The molecule has 5 heteroatoms. The lowest BCUT2D eigenvalue weighted by atomic mass is 10.1. The molecule has 0 amide bonds. The summed E-state index contributed by atoms with van der Waals surface area (Å²) in [4.78, 5) is 6.65. The minimum absolute atomic E-state index is 0.132. The van der Waals surface area contributed by atoms with E-state index in [9.17, 15) is 0 Å². The zero-order chi connectivity index (χ0) is 14.4. The van der Waals surface area contributed by atoms with E-state index in [1.807, 2.05) is 35.3 Å². The van der Waals surface area contributed by atoms with Gasteiger partial charge in [0.1, 0.15) is 0 Å². The second-order valence-corrected chi connectivity index (χ2v) is 4.80. The first-order valence-corrected chi connectivity index (χ1v) is 6.87. The molecule has 0 radical (unpaired) electrons. The van der Waals surface area contributed by atoms with E-state index in [1.165, 1.54) is 0 Å². The second kappa shape index (κ2) is 7.17. The summed E-state index contributed by atoms with van der Waals surface area (Å²) in [6.45, 7) is 4.37. The molecule has 2 aromatic rings. The average molecular weight is 274 g/mol. The molecule has 108 valence electrons. The Bertz CT molecular complexity index is 512. The smallest absolute Gasteiger partial charge is 0.0764 e. The molecular weight excluding hydrogens is 252 g/mol. The van der Waals surface area contributed by atoms with Crippen LogP contribution >= 0.6 is 0 Å². The van der Waals surface area contributed by atoms with Crippen molar-refractivity contribution in [3.8, 4) is 0 Å². The van der Waals surface area contributed by atoms with Crippen molar-refractivity contribution in [2.45, 2.75) is 26.1 Å². The van der Waals surface area contributed by atoms with Crippen molar-refractivity contribution in [2.24, 2.45) is 0 Å². The van der Waals surface area contributed by atoms with Crippen LogP contribution in [0.1, 0.15) is 24.4 Å². The van der Waals surface area contributed by atoms with Crippen LogP contribution in [0.4, 0.5) is 0 Å². The van der Waals surface area contributed by atoms with Crippen molar-refractivity contribution in [3.63, 3.8) is 0 Å². The van der Waals surface area contributed by atoms with Crippen LogP contribution in [0.3, 0.4) is 0 Å². The third kappa shape index (κ3) is 3.65. The van der Waals surface area contributed by atoms with Crippen LogP contribution in [0.25, 0.3) is 0 Å². The molecule has 0 aliphatic rings. The molecule has 5 nitrogen and oxygen atoms in total. The number of hydrogen-bond acceptors (Lipinski definition) is 4. The third-order valence-electron chi connectivity index (χ3n) is 3.32. The number of aryl methyl sites for hydroxylation is 1. The van der Waals surface area contributed by atoms with Crippen LogP contribution in [0.5, 0.6) is 0 Å². The maximum absolute atomic E-state index is 5.34. The van der Waals surface area contributed by atoms with E-state index >= 15 is 0 Å². The van der Waals surface area contributed by atoms with Crippen molar-refractivity contribution in [3.05, 3.63) is 48.0 Å². The summed E-state index contributed by atoms with van der Waals surface area (Å²) in [7, 11) is 3.79. The molecule has 0 unspecified atom stereocenters. The number of nitrogens with zero attached hydrogens (tertiary/aromatic N) is 4. The van der Waals surface area contributed by atoms with Gasteiger partial charge in [0.15, 0.2) is 0 Å². The minimum atomic E-state index is 0.132. The van der Waals surface area contributed by atoms with Gasteiger partial charge in [-0.2, -0.15) is 5.10 Å². The Labute approximate surface area is 120 Å². The molecule has 0 saturated heterocycles. The first kappa shape index (κ1) is 14.7. The summed E-state index contributed by atoms with van der Waals surface area (Å²) in [6, 6.07) is 8.15. The monoisotopic (exact) mass is 274 g/mol. The van der Waals surface area contributed by atoms with Gasteiger partial charge < -0.3 is 4.74 Å². The van der Waals surface area contributed by atoms with Gasteiger partial charge in [-0.05, 0) is 32.2 Å². The molecule has 2 heterocycles. The van der Waals surface area contributed by atoms with Gasteiger partial charge >= 0.3 is 0 Å². The Morgan fingerprint density at radius 3 is 2.80 bits per heavy atom. The van der Waals surface area contributed by atoms with Gasteiger partial charge in [-0.1, -0.05) is 6.07 Å². The van der Waals surface area contributed by atoms with Gasteiger partial charge in [0.25, 0.3) is 0 Å². The quantitative estimate of drug-likeness (QED) is 0.775. The number of ether oxygens (including phenoxy) is 1. The summed E-state index contributed by atoms with van der Waals surface area (Å²) >= 11 is 0. The highest BCUT2D eigenvalue weighted by atomic mass is 16.5. The number of rotatable bonds is 7. The first-order valence-electron chi connectivity index (χ1n) is 6.87. The maximum Gasteiger partial charge on any atom is 0.0764 e. The Kier molecular flexibility index (Phi) is 5.26. The van der Waals surface area contributed by atoms with E-state index in [-0.39, 0.29) is 6.04 Å². The summed E-state index contributed by atoms with van der Waals surface area (Å²) in [5.41, 5.74) is 2.08. The Hall–Kier alpha value is -1.72. The molecule has 0 aliphatic heterocycles. The summed E-state index contributed by atoms with van der Waals surface area (Å²) in [5.74, 6) is 0. The zero-order valence-electron chi connectivity index (χ0n) is 12.4. The molecule has 1 atom stereocenters. The van der Waals surface area contributed by atoms with E-state index in [2.05, 4.69) is 35.0 Å². The molecule has 0 spiro atoms. The summed E-state index contributed by atoms with van der Waals surface area (Å²) < 4.78 is 7.28. The van der Waals surface area contributed by atoms with Gasteiger partial charge in [-0.25, -0.2) is 0 Å². The van der Waals surface area contributed by atoms with E-state index in [1.54, 1.807) is 7.11 Å². The van der Waals surface area contributed by atoms with Crippen molar-refractivity contribution >= 4 is 0 Å². The van der Waals surface area contributed by atoms with Crippen LogP contribution in [0.15, 0.2) is 36.7 Å². The van der Waals surface area contributed by atoms with Crippen LogP contribution in [0.2, 0.25) is 0 Å². The summed E-state index contributed by atoms with van der Waals surface area (Å²) in [5, 5.41) is 4.52. The SMILES string of the molecule is CCn1ccc(CN(C)[C@@H](COC)c2ccccn2)n1. The fourth-order valence-electron chi connectivity index (χ4n) is 2.20. The second-order valence-electron chi connectivity index (χ2n) is 4.80. The predicted octanol–water partition coefficient (Wildman–Crippen LogP) is 2.12. The minimum Gasteiger partial charge on any atom is -0.383 e. The van der Waals surface area contributed by atoms with Gasteiger partial charge in [0.2, 0.25) is 0 Å². The number of hydrogen-bond donors (Lipinski definition) is 0. The van der Waals surface area contributed by atoms with E-state index in [4.69, 9.17) is 4.74 Å². The molecule has 0 aromatic carbocycles. The molecule has 2 rings (SSSR count). The van der Waals surface area contributed by atoms with Crippen LogP contribution in [-0.4, -0.2) is 40.4 Å². The molecule has 0 N–H and O–H groups in total. The van der Waals surface area contributed by atoms with Gasteiger partial charge in [-0.15, -0.1) is 0 Å². The lowest BCUT2D eigenvalue weighted by Gasteiger charge is -2.26. The van der Waals surface area contributed by atoms with E-state index in [0.717, 1.165) is 24.5 Å². The van der Waals surface area contributed by atoms with E-state index < -0.39 is 0 Å². The van der Waals surface area contributed by atoms with Crippen molar-refractivity contribution in [1.82, 2.24) is 19.7 Å². The largest absolute Gasteiger partial charge is 0.383 e. The highest BCUT2D eigenvalue weighted by Gasteiger charge is 2.19. The Morgan fingerprint density at radius 1 is 1.35 bits per heavy atom. The highest BCUT2D eigenvalue weighted by Crippen LogP contribution is 2.19. The van der Waals surface area contributed by atoms with Crippen molar-refractivity contribution in [2.75, 3.05) is 20.8 Å². The average Bonchev–Trinajstić information content (AvgIpc) is 2.93. The number of likely N-dealkylation sites (N-methyl/N-ethyl adjacent to an activating group) is 1. The summed E-state index contributed by atoms with van der Waals surface area (Å²) in [6.07, 6.45) is 3.83. The fraction of sp³-hybridized carbons (Fsp3) is 0.467. The predicted molar refractivity (Wildman–Crippen MR) is 78.2 cm³/mol. The standard InChI is InChI=1S/C15H22N4O/c1-4-19-10-8-13(17-19)11-18(2)15(12-20-3)14-7-5-6-9-16-14/h5-10,15H,4,11-12H2,1-3H3/t15-/m0/s1. The Morgan fingerprint density at radius 2 is 2.20 bits per heavy atom. The van der Waals surface area contributed by atoms with Crippen LogP contribution in [0, 0.1) is 0 Å². The number of methoxy groups -OCH3 is 1. The van der Waals surface area contributed by atoms with Gasteiger partial charge in [-0.3, -0.25) is 14.6 Å². The van der Waals surface area contributed by atoms with Crippen LogP contribution < -0.4 is 0 Å². The normalized spacial score (nSPS) is 12.8. The molecule has 0 aliphatic carbocycles. The zero-order valence-corrected chi connectivity index (χ0v) is 12.4. The Balaban J connectivity index is 2.08. The molecular formula is C15H22N4O. The maximum atomic E-state index is 5.34. The lowest BCUT2D eigenvalue weighted by molar-refractivity contribution is 0.0991. The third-order valence-corrected chi connectivity index (χ3v) is 3.32. The number of aromatic nitrogens is 3. The first-order chi connectivity index (χ1) is 9.74. The van der Waals surface area contributed by atoms with Gasteiger partial charge in [0, 0.05) is 32.6 Å². The lowest BCUT2D eigenvalue weighted by Crippen LogP contribution is -2.28. The highest BCUT2D eigenvalue weighted by molar-refractivity contribution is 5.10. The molecule has 0 fully saturated rings.